The SMILES string of the molecule is CCC(CNC(=O)CN(c1cc(Cl)ccc1C)S(C)(=O)=O)Cc1ccccc1. The molecule has 1 amide bonds. The van der Waals surface area contributed by atoms with E-state index in [9.17, 15) is 13.2 Å². The Bertz CT molecular complexity index is 901. The molecule has 0 spiro atoms. The summed E-state index contributed by atoms with van der Waals surface area (Å²) in [6, 6.07) is 15.1. The van der Waals surface area contributed by atoms with E-state index in [1.54, 1.807) is 25.1 Å². The van der Waals surface area contributed by atoms with Crippen LogP contribution in [0.1, 0.15) is 24.5 Å². The Kier molecular flexibility index (Phi) is 7.89. The van der Waals surface area contributed by atoms with Crippen molar-refractivity contribution in [1.29, 1.82) is 0 Å². The lowest BCUT2D eigenvalue weighted by Crippen LogP contribution is -2.42. The van der Waals surface area contributed by atoms with Crippen molar-refractivity contribution in [3.8, 4) is 0 Å². The second-order valence-electron chi connectivity index (χ2n) is 6.97. The van der Waals surface area contributed by atoms with Crippen molar-refractivity contribution in [3.05, 3.63) is 64.7 Å². The van der Waals surface area contributed by atoms with Crippen LogP contribution in [0.3, 0.4) is 0 Å². The Morgan fingerprint density at radius 3 is 2.46 bits per heavy atom. The Hall–Kier alpha value is -2.05. The molecule has 0 aromatic heterocycles. The molecule has 2 aromatic rings. The monoisotopic (exact) mass is 422 g/mol. The molecule has 0 aliphatic carbocycles. The summed E-state index contributed by atoms with van der Waals surface area (Å²) in [5, 5.41) is 3.30. The molecular weight excluding hydrogens is 396 g/mol. The maximum Gasteiger partial charge on any atom is 0.240 e. The van der Waals surface area contributed by atoms with Crippen LogP contribution < -0.4 is 9.62 Å². The Balaban J connectivity index is 2.04. The minimum Gasteiger partial charge on any atom is -0.354 e. The van der Waals surface area contributed by atoms with Gasteiger partial charge in [0.1, 0.15) is 6.54 Å². The number of anilines is 1. The number of carbonyl (C=O) groups excluding carboxylic acids is 1. The van der Waals surface area contributed by atoms with E-state index < -0.39 is 10.0 Å². The van der Waals surface area contributed by atoms with Crippen LogP contribution in [-0.4, -0.2) is 33.7 Å². The zero-order valence-corrected chi connectivity index (χ0v) is 18.1. The third-order valence-corrected chi connectivity index (χ3v) is 6.02. The fraction of sp³-hybridized carbons (Fsp3) is 0.381. The molecule has 0 saturated heterocycles. The molecule has 0 radical (unpaired) electrons. The molecule has 0 aliphatic rings. The van der Waals surface area contributed by atoms with Crippen molar-refractivity contribution in [3.63, 3.8) is 0 Å². The van der Waals surface area contributed by atoms with Gasteiger partial charge >= 0.3 is 0 Å². The Labute approximate surface area is 172 Å². The number of amides is 1. The van der Waals surface area contributed by atoms with Gasteiger partial charge in [0.2, 0.25) is 15.9 Å². The van der Waals surface area contributed by atoms with Gasteiger partial charge in [0, 0.05) is 11.6 Å². The number of carbonyl (C=O) groups is 1. The molecule has 1 atom stereocenters. The first-order chi connectivity index (χ1) is 13.2. The van der Waals surface area contributed by atoms with Gasteiger partial charge in [0.05, 0.1) is 11.9 Å². The second kappa shape index (κ2) is 9.94. The van der Waals surface area contributed by atoms with E-state index in [1.165, 1.54) is 5.56 Å². The van der Waals surface area contributed by atoms with Crippen LogP contribution in [0.4, 0.5) is 5.69 Å². The normalized spacial score (nSPS) is 12.4. The van der Waals surface area contributed by atoms with Crippen LogP contribution in [0.25, 0.3) is 0 Å². The summed E-state index contributed by atoms with van der Waals surface area (Å²) in [5.74, 6) is -0.0535. The van der Waals surface area contributed by atoms with Gasteiger partial charge in [-0.15, -0.1) is 0 Å². The minimum absolute atomic E-state index is 0.276. The highest BCUT2D eigenvalue weighted by atomic mass is 35.5. The van der Waals surface area contributed by atoms with E-state index in [-0.39, 0.29) is 18.4 Å². The van der Waals surface area contributed by atoms with Crippen molar-refractivity contribution in [2.24, 2.45) is 5.92 Å². The second-order valence-corrected chi connectivity index (χ2v) is 9.31. The van der Waals surface area contributed by atoms with Gasteiger partial charge in [-0.3, -0.25) is 9.10 Å². The van der Waals surface area contributed by atoms with Crippen LogP contribution in [0.15, 0.2) is 48.5 Å². The van der Waals surface area contributed by atoms with Crippen molar-refractivity contribution in [2.75, 3.05) is 23.7 Å². The Morgan fingerprint density at radius 1 is 1.18 bits per heavy atom. The summed E-state index contributed by atoms with van der Waals surface area (Å²) in [7, 11) is -3.63. The molecule has 2 aromatic carbocycles. The number of aryl methyl sites for hydroxylation is 1. The van der Waals surface area contributed by atoms with Gasteiger partial charge in [0.15, 0.2) is 0 Å². The minimum atomic E-state index is -3.63. The van der Waals surface area contributed by atoms with Crippen LogP contribution in [0.5, 0.6) is 0 Å². The third kappa shape index (κ3) is 6.53. The lowest BCUT2D eigenvalue weighted by atomic mass is 9.97. The number of halogens is 1. The lowest BCUT2D eigenvalue weighted by Gasteiger charge is -2.24. The molecule has 152 valence electrons. The van der Waals surface area contributed by atoms with Gasteiger partial charge < -0.3 is 5.32 Å². The molecule has 0 saturated carbocycles. The average molecular weight is 423 g/mol. The summed E-state index contributed by atoms with van der Waals surface area (Å²) in [6.45, 7) is 4.09. The number of nitrogens with one attached hydrogen (secondary N) is 1. The van der Waals surface area contributed by atoms with E-state index in [4.69, 9.17) is 11.6 Å². The van der Waals surface area contributed by atoms with Gasteiger partial charge in [0.25, 0.3) is 0 Å². The van der Waals surface area contributed by atoms with E-state index in [0.717, 1.165) is 29.0 Å². The van der Waals surface area contributed by atoms with Crippen molar-refractivity contribution in [2.45, 2.75) is 26.7 Å². The standard InChI is InChI=1S/C21H27ClN2O3S/c1-4-17(12-18-8-6-5-7-9-18)14-23-21(25)15-24(28(3,26)27)20-13-19(22)11-10-16(20)2/h5-11,13,17H,4,12,14-15H2,1-3H3,(H,23,25). The molecule has 1 N–H and O–H groups in total. The van der Waals surface area contributed by atoms with Gasteiger partial charge in [-0.05, 0) is 42.5 Å². The summed E-state index contributed by atoms with van der Waals surface area (Å²) in [6.07, 6.45) is 2.87. The molecular formula is C21H27ClN2O3S. The predicted octanol–water partition coefficient (Wildman–Crippen LogP) is 3.80. The fourth-order valence-corrected chi connectivity index (χ4v) is 4.06. The Morgan fingerprint density at radius 2 is 1.86 bits per heavy atom. The zero-order chi connectivity index (χ0) is 20.7. The first-order valence-electron chi connectivity index (χ1n) is 9.25. The fourth-order valence-electron chi connectivity index (χ4n) is 2.99. The van der Waals surface area contributed by atoms with Crippen molar-refractivity contribution in [1.82, 2.24) is 5.32 Å². The van der Waals surface area contributed by atoms with Gasteiger partial charge in [-0.1, -0.05) is 61.3 Å². The lowest BCUT2D eigenvalue weighted by molar-refractivity contribution is -0.119. The third-order valence-electron chi connectivity index (χ3n) is 4.66. The maximum atomic E-state index is 12.5. The predicted molar refractivity (Wildman–Crippen MR) is 115 cm³/mol. The topological polar surface area (TPSA) is 66.5 Å². The molecule has 0 aliphatic heterocycles. The van der Waals surface area contributed by atoms with Gasteiger partial charge in [-0.2, -0.15) is 0 Å². The number of hydrogen-bond acceptors (Lipinski definition) is 3. The van der Waals surface area contributed by atoms with E-state index in [1.807, 2.05) is 18.2 Å². The summed E-state index contributed by atoms with van der Waals surface area (Å²) < 4.78 is 25.6. The first-order valence-corrected chi connectivity index (χ1v) is 11.5. The number of sulfonamides is 1. The highest BCUT2D eigenvalue weighted by molar-refractivity contribution is 7.92. The summed E-state index contributed by atoms with van der Waals surface area (Å²) in [4.78, 5) is 12.5. The molecule has 1 unspecified atom stereocenters. The molecule has 0 heterocycles. The van der Waals surface area contributed by atoms with Crippen LogP contribution in [-0.2, 0) is 21.2 Å². The van der Waals surface area contributed by atoms with Crippen LogP contribution >= 0.6 is 11.6 Å². The summed E-state index contributed by atoms with van der Waals surface area (Å²) >= 11 is 6.02. The number of rotatable bonds is 9. The van der Waals surface area contributed by atoms with E-state index >= 15 is 0 Å². The number of benzene rings is 2. The highest BCUT2D eigenvalue weighted by Crippen LogP contribution is 2.26. The van der Waals surface area contributed by atoms with Gasteiger partial charge in [-0.25, -0.2) is 8.42 Å². The number of nitrogens with zero attached hydrogens (tertiary/aromatic N) is 1. The van der Waals surface area contributed by atoms with Crippen LogP contribution in [0.2, 0.25) is 5.02 Å². The average Bonchev–Trinajstić information content (AvgIpc) is 2.65. The van der Waals surface area contributed by atoms with Crippen molar-refractivity contribution >= 4 is 33.2 Å². The molecule has 7 heteroatoms. The first kappa shape index (κ1) is 22.2. The largest absolute Gasteiger partial charge is 0.354 e. The molecule has 0 bridgehead atoms. The highest BCUT2D eigenvalue weighted by Gasteiger charge is 2.23. The summed E-state index contributed by atoms with van der Waals surface area (Å²) in [5.41, 5.74) is 2.37. The number of hydrogen-bond donors (Lipinski definition) is 1. The maximum absolute atomic E-state index is 12.5. The smallest absolute Gasteiger partial charge is 0.240 e. The zero-order valence-electron chi connectivity index (χ0n) is 16.5. The molecule has 5 nitrogen and oxygen atoms in total. The van der Waals surface area contributed by atoms with Crippen LogP contribution in [0, 0.1) is 12.8 Å². The molecule has 0 fully saturated rings. The molecule has 28 heavy (non-hydrogen) atoms. The van der Waals surface area contributed by atoms with E-state index in [0.29, 0.717) is 17.3 Å². The quantitative estimate of drug-likeness (QED) is 0.668. The van der Waals surface area contributed by atoms with E-state index in [2.05, 4.69) is 24.4 Å². The molecule has 2 rings (SSSR count). The van der Waals surface area contributed by atoms with Crippen molar-refractivity contribution < 1.29 is 13.2 Å².